The minimum atomic E-state index is 0.517. The van der Waals surface area contributed by atoms with Gasteiger partial charge in [0.2, 0.25) is 0 Å². The van der Waals surface area contributed by atoms with Crippen LogP contribution in [0.1, 0.15) is 12.0 Å². The summed E-state index contributed by atoms with van der Waals surface area (Å²) in [6, 6.07) is 3.83. The summed E-state index contributed by atoms with van der Waals surface area (Å²) in [6.45, 7) is 1.28. The minimum absolute atomic E-state index is 0.517. The summed E-state index contributed by atoms with van der Waals surface area (Å²) in [6.07, 6.45) is 0.861. The van der Waals surface area contributed by atoms with Crippen LogP contribution in [0.25, 0.3) is 0 Å². The van der Waals surface area contributed by atoms with E-state index < -0.39 is 0 Å². The van der Waals surface area contributed by atoms with Gasteiger partial charge in [0.15, 0.2) is 16.7 Å². The molecule has 4 nitrogen and oxygen atoms in total. The summed E-state index contributed by atoms with van der Waals surface area (Å²) in [4.78, 5) is 1.77. The molecule has 104 valence electrons. The van der Waals surface area contributed by atoms with Crippen LogP contribution >= 0.6 is 23.4 Å². The number of halogens is 1. The normalized spacial score (nSPS) is 13.8. The van der Waals surface area contributed by atoms with E-state index in [2.05, 4.69) is 0 Å². The lowest BCUT2D eigenvalue weighted by Gasteiger charge is -2.14. The molecule has 1 aromatic rings. The fourth-order valence-corrected chi connectivity index (χ4v) is 2.66. The van der Waals surface area contributed by atoms with Crippen LogP contribution in [0.2, 0.25) is 5.02 Å². The van der Waals surface area contributed by atoms with Gasteiger partial charge in [-0.1, -0.05) is 23.4 Å². The highest BCUT2D eigenvalue weighted by atomic mass is 35.5. The van der Waals surface area contributed by atoms with Gasteiger partial charge in [-0.2, -0.15) is 0 Å². The SMILES string of the molecule is CN(C)C(=N)SCc1cc(Cl)c2c(c1)OCCCO2. The van der Waals surface area contributed by atoms with Gasteiger partial charge in [0.05, 0.1) is 18.2 Å². The molecule has 2 rings (SSSR count). The van der Waals surface area contributed by atoms with Crippen molar-refractivity contribution in [2.75, 3.05) is 27.3 Å². The first-order valence-corrected chi connectivity index (χ1v) is 7.41. The Kier molecular flexibility index (Phi) is 4.82. The van der Waals surface area contributed by atoms with E-state index in [4.69, 9.17) is 26.5 Å². The second-order valence-electron chi connectivity index (χ2n) is 4.44. The number of rotatable bonds is 2. The Morgan fingerprint density at radius 2 is 2.11 bits per heavy atom. The van der Waals surface area contributed by atoms with E-state index in [1.54, 1.807) is 4.90 Å². The predicted molar refractivity (Wildman–Crippen MR) is 79.8 cm³/mol. The molecule has 0 radical (unpaired) electrons. The first kappa shape index (κ1) is 14.3. The van der Waals surface area contributed by atoms with Crippen molar-refractivity contribution in [3.63, 3.8) is 0 Å². The van der Waals surface area contributed by atoms with Gasteiger partial charge in [0.25, 0.3) is 0 Å². The van der Waals surface area contributed by atoms with Crippen LogP contribution in [0.4, 0.5) is 0 Å². The van der Waals surface area contributed by atoms with E-state index >= 15 is 0 Å². The number of fused-ring (bicyclic) bond motifs is 1. The highest BCUT2D eigenvalue weighted by Gasteiger charge is 2.15. The second kappa shape index (κ2) is 6.39. The van der Waals surface area contributed by atoms with Crippen LogP contribution in [0.3, 0.4) is 0 Å². The lowest BCUT2D eigenvalue weighted by atomic mass is 10.2. The van der Waals surface area contributed by atoms with Crippen molar-refractivity contribution < 1.29 is 9.47 Å². The van der Waals surface area contributed by atoms with Crippen molar-refractivity contribution >= 4 is 28.5 Å². The van der Waals surface area contributed by atoms with Crippen LogP contribution in [0.5, 0.6) is 11.5 Å². The lowest BCUT2D eigenvalue weighted by Crippen LogP contribution is -2.17. The molecular formula is C13H17ClN2O2S. The second-order valence-corrected chi connectivity index (χ2v) is 5.81. The van der Waals surface area contributed by atoms with Crippen LogP contribution in [-0.4, -0.2) is 37.4 Å². The van der Waals surface area contributed by atoms with Gasteiger partial charge < -0.3 is 14.4 Å². The Morgan fingerprint density at radius 1 is 1.37 bits per heavy atom. The van der Waals surface area contributed by atoms with Gasteiger partial charge in [-0.25, -0.2) is 0 Å². The topological polar surface area (TPSA) is 45.6 Å². The molecular weight excluding hydrogens is 284 g/mol. The molecule has 6 heteroatoms. The number of hydrogen-bond acceptors (Lipinski definition) is 4. The Morgan fingerprint density at radius 3 is 2.84 bits per heavy atom. The molecule has 1 aliphatic heterocycles. The molecule has 1 N–H and O–H groups in total. The molecule has 1 aliphatic rings. The molecule has 0 unspecified atom stereocenters. The van der Waals surface area contributed by atoms with Crippen molar-refractivity contribution in [1.29, 1.82) is 5.41 Å². The zero-order valence-corrected chi connectivity index (χ0v) is 12.6. The van der Waals surface area contributed by atoms with Crippen molar-refractivity contribution in [1.82, 2.24) is 4.90 Å². The number of ether oxygens (including phenoxy) is 2. The molecule has 0 saturated carbocycles. The van der Waals surface area contributed by atoms with Crippen molar-refractivity contribution in [2.45, 2.75) is 12.2 Å². The Bertz CT molecular complexity index is 480. The third-order valence-electron chi connectivity index (χ3n) is 2.64. The number of nitrogens with zero attached hydrogens (tertiary/aromatic N) is 1. The van der Waals surface area contributed by atoms with Gasteiger partial charge in [-0.15, -0.1) is 0 Å². The summed E-state index contributed by atoms with van der Waals surface area (Å²) in [5, 5.41) is 8.86. The first-order valence-electron chi connectivity index (χ1n) is 6.04. The van der Waals surface area contributed by atoms with Crippen molar-refractivity contribution in [2.24, 2.45) is 0 Å². The quantitative estimate of drug-likeness (QED) is 0.673. The summed E-state index contributed by atoms with van der Waals surface area (Å²) < 4.78 is 11.2. The van der Waals surface area contributed by atoms with Crippen LogP contribution < -0.4 is 9.47 Å². The number of benzene rings is 1. The molecule has 0 saturated heterocycles. The summed E-state index contributed by atoms with van der Waals surface area (Å²) >= 11 is 7.68. The van der Waals surface area contributed by atoms with E-state index in [1.165, 1.54) is 11.8 Å². The fraction of sp³-hybridized carbons (Fsp3) is 0.462. The van der Waals surface area contributed by atoms with Crippen LogP contribution in [0.15, 0.2) is 12.1 Å². The minimum Gasteiger partial charge on any atom is -0.489 e. The van der Waals surface area contributed by atoms with Gasteiger partial charge in [-0.05, 0) is 17.7 Å². The molecule has 0 bridgehead atoms. The predicted octanol–water partition coefficient (Wildman–Crippen LogP) is 3.23. The molecule has 0 aromatic heterocycles. The number of hydrogen-bond donors (Lipinski definition) is 1. The maximum Gasteiger partial charge on any atom is 0.179 e. The Hall–Kier alpha value is -1.07. The van der Waals surface area contributed by atoms with Gasteiger partial charge in [-0.3, -0.25) is 5.41 Å². The van der Waals surface area contributed by atoms with Gasteiger partial charge in [0.1, 0.15) is 0 Å². The first-order chi connectivity index (χ1) is 9.08. The molecule has 1 heterocycles. The van der Waals surface area contributed by atoms with E-state index in [9.17, 15) is 0 Å². The van der Waals surface area contributed by atoms with E-state index in [0.29, 0.717) is 40.7 Å². The third kappa shape index (κ3) is 3.70. The number of nitrogens with one attached hydrogen (secondary N) is 1. The number of thioether (sulfide) groups is 1. The largest absolute Gasteiger partial charge is 0.489 e. The summed E-state index contributed by atoms with van der Waals surface area (Å²) in [5.41, 5.74) is 1.03. The summed E-state index contributed by atoms with van der Waals surface area (Å²) in [5.74, 6) is 2.03. The maximum absolute atomic E-state index is 7.77. The van der Waals surface area contributed by atoms with E-state index in [0.717, 1.165) is 12.0 Å². The monoisotopic (exact) mass is 300 g/mol. The fourth-order valence-electron chi connectivity index (χ4n) is 1.65. The standard InChI is InChI=1S/C13H17ClN2O2S/c1-16(2)13(15)19-8-9-6-10(14)12-11(7-9)17-4-3-5-18-12/h6-7,15H,3-5,8H2,1-2H3. The molecule has 0 atom stereocenters. The number of amidine groups is 1. The smallest absolute Gasteiger partial charge is 0.179 e. The Labute approximate surface area is 122 Å². The Balaban J connectivity index is 2.12. The van der Waals surface area contributed by atoms with E-state index in [-0.39, 0.29) is 0 Å². The van der Waals surface area contributed by atoms with Crippen LogP contribution in [-0.2, 0) is 5.75 Å². The van der Waals surface area contributed by atoms with Gasteiger partial charge >= 0.3 is 0 Å². The molecule has 19 heavy (non-hydrogen) atoms. The third-order valence-corrected chi connectivity index (χ3v) is 4.04. The van der Waals surface area contributed by atoms with E-state index in [1.807, 2.05) is 26.2 Å². The maximum atomic E-state index is 7.77. The zero-order valence-electron chi connectivity index (χ0n) is 11.0. The van der Waals surface area contributed by atoms with Crippen LogP contribution in [0, 0.1) is 5.41 Å². The van der Waals surface area contributed by atoms with Gasteiger partial charge in [0, 0.05) is 26.3 Å². The molecule has 0 amide bonds. The average molecular weight is 301 g/mol. The molecule has 1 aromatic carbocycles. The highest BCUT2D eigenvalue weighted by molar-refractivity contribution is 8.13. The molecule has 0 fully saturated rings. The zero-order chi connectivity index (χ0) is 13.8. The highest BCUT2D eigenvalue weighted by Crippen LogP contribution is 2.38. The van der Waals surface area contributed by atoms with Crippen molar-refractivity contribution in [3.05, 3.63) is 22.7 Å². The summed E-state index contributed by atoms with van der Waals surface area (Å²) in [7, 11) is 3.71. The average Bonchev–Trinajstić information content (AvgIpc) is 2.61. The molecule has 0 spiro atoms. The van der Waals surface area contributed by atoms with Crippen molar-refractivity contribution in [3.8, 4) is 11.5 Å². The lowest BCUT2D eigenvalue weighted by molar-refractivity contribution is 0.297. The molecule has 0 aliphatic carbocycles.